The second-order valence-electron chi connectivity index (χ2n) is 22.9. The molecule has 454 valence electrons. The van der Waals surface area contributed by atoms with Crippen LogP contribution in [-0.4, -0.2) is 140 Å². The number of hydrogen-bond acceptors (Lipinski definition) is 13. The lowest BCUT2D eigenvalue weighted by molar-refractivity contribution is -0.359. The SMILES string of the molecule is CCCCCCC/C=C\C/C=C\CCCCCCCCCCCCCCCCCCCCCCCCCC(=O)NC(COC1OC(CO)C(OC2OC(CO)C(O)C(O)C2O)C(O)C1O)C(O)CCCCCCCCCC. The van der Waals surface area contributed by atoms with Gasteiger partial charge in [0.15, 0.2) is 12.6 Å². The molecule has 14 nitrogen and oxygen atoms in total. The van der Waals surface area contributed by atoms with Crippen LogP contribution >= 0.6 is 0 Å². The molecule has 2 fully saturated rings. The van der Waals surface area contributed by atoms with Gasteiger partial charge in [0.2, 0.25) is 5.91 Å². The Kier molecular flexibility index (Phi) is 45.7. The molecule has 0 saturated carbocycles. The molecule has 0 aromatic carbocycles. The van der Waals surface area contributed by atoms with Crippen molar-refractivity contribution in [3.8, 4) is 0 Å². The Labute approximate surface area is 468 Å². The van der Waals surface area contributed by atoms with Crippen LogP contribution in [0.1, 0.15) is 277 Å². The molecule has 2 aliphatic heterocycles. The van der Waals surface area contributed by atoms with Crippen LogP contribution in [0, 0.1) is 0 Å². The summed E-state index contributed by atoms with van der Waals surface area (Å²) in [5.41, 5.74) is 0. The average molecular weight is 1100 g/mol. The minimum atomic E-state index is -1.78. The molecule has 1 amide bonds. The minimum absolute atomic E-state index is 0.205. The molecule has 9 N–H and O–H groups in total. The molecule has 12 unspecified atom stereocenters. The zero-order chi connectivity index (χ0) is 56.0. The summed E-state index contributed by atoms with van der Waals surface area (Å²) in [6, 6.07) is -0.823. The number of carbonyl (C=O) groups is 1. The number of nitrogens with one attached hydrogen (secondary N) is 1. The van der Waals surface area contributed by atoms with Gasteiger partial charge in [-0.25, -0.2) is 0 Å². The molecule has 2 heterocycles. The third-order valence-corrected chi connectivity index (χ3v) is 15.9. The van der Waals surface area contributed by atoms with Gasteiger partial charge in [-0.3, -0.25) is 4.79 Å². The van der Waals surface area contributed by atoms with Gasteiger partial charge >= 0.3 is 0 Å². The molecule has 2 saturated heterocycles. The lowest BCUT2D eigenvalue weighted by Crippen LogP contribution is -2.65. The smallest absolute Gasteiger partial charge is 0.220 e. The second-order valence-corrected chi connectivity index (χ2v) is 22.9. The summed E-state index contributed by atoms with van der Waals surface area (Å²) in [4.78, 5) is 13.2. The molecule has 0 bridgehead atoms. The molecule has 2 aliphatic rings. The molecule has 0 radical (unpaired) electrons. The van der Waals surface area contributed by atoms with Crippen LogP contribution in [0.4, 0.5) is 0 Å². The summed E-state index contributed by atoms with van der Waals surface area (Å²) in [5.74, 6) is -0.205. The molecule has 2 rings (SSSR count). The first-order chi connectivity index (χ1) is 37.6. The fraction of sp³-hybridized carbons (Fsp3) is 0.921. The van der Waals surface area contributed by atoms with Crippen molar-refractivity contribution < 1.29 is 64.6 Å². The van der Waals surface area contributed by atoms with Gasteiger partial charge in [-0.05, 0) is 44.9 Å². The third kappa shape index (κ3) is 34.5. The predicted molar refractivity (Wildman–Crippen MR) is 309 cm³/mol. The first-order valence-corrected chi connectivity index (χ1v) is 32.1. The lowest BCUT2D eigenvalue weighted by atomic mass is 9.97. The molecule has 14 heteroatoms. The van der Waals surface area contributed by atoms with E-state index in [4.69, 9.17) is 18.9 Å². The van der Waals surface area contributed by atoms with Gasteiger partial charge in [-0.15, -0.1) is 0 Å². The summed E-state index contributed by atoms with van der Waals surface area (Å²) < 4.78 is 22.8. The van der Waals surface area contributed by atoms with E-state index in [1.807, 2.05) is 0 Å². The number of rotatable bonds is 52. The van der Waals surface area contributed by atoms with Gasteiger partial charge < -0.3 is 65.1 Å². The average Bonchev–Trinajstić information content (AvgIpc) is 3.44. The van der Waals surface area contributed by atoms with Crippen molar-refractivity contribution in [2.45, 2.75) is 351 Å². The van der Waals surface area contributed by atoms with Crippen molar-refractivity contribution in [1.29, 1.82) is 0 Å². The molecule has 0 aliphatic carbocycles. The van der Waals surface area contributed by atoms with E-state index in [0.717, 1.165) is 57.8 Å². The number of hydrogen-bond donors (Lipinski definition) is 9. The highest BCUT2D eigenvalue weighted by molar-refractivity contribution is 5.76. The molecular formula is C63H119NO13. The number of aliphatic hydroxyl groups excluding tert-OH is 8. The number of amides is 1. The van der Waals surface area contributed by atoms with E-state index in [1.54, 1.807) is 0 Å². The zero-order valence-corrected chi connectivity index (χ0v) is 49.0. The molecular weight excluding hydrogens is 979 g/mol. The van der Waals surface area contributed by atoms with Crippen molar-refractivity contribution in [2.24, 2.45) is 0 Å². The highest BCUT2D eigenvalue weighted by Gasteiger charge is 2.51. The van der Waals surface area contributed by atoms with Gasteiger partial charge in [0.05, 0.1) is 32.0 Å². The highest BCUT2D eigenvalue weighted by atomic mass is 16.7. The molecule has 12 atom stereocenters. The zero-order valence-electron chi connectivity index (χ0n) is 49.0. The van der Waals surface area contributed by atoms with Crippen LogP contribution in [0.5, 0.6) is 0 Å². The van der Waals surface area contributed by atoms with Crippen molar-refractivity contribution in [3.63, 3.8) is 0 Å². The van der Waals surface area contributed by atoms with Crippen LogP contribution in [0.25, 0.3) is 0 Å². The van der Waals surface area contributed by atoms with Gasteiger partial charge in [0.1, 0.15) is 48.8 Å². The van der Waals surface area contributed by atoms with Crippen LogP contribution < -0.4 is 5.32 Å². The quantitative estimate of drug-likeness (QED) is 0.0204. The highest BCUT2D eigenvalue weighted by Crippen LogP contribution is 2.30. The van der Waals surface area contributed by atoms with Crippen LogP contribution in [0.2, 0.25) is 0 Å². The van der Waals surface area contributed by atoms with Crippen molar-refractivity contribution in [1.82, 2.24) is 5.32 Å². The summed E-state index contributed by atoms with van der Waals surface area (Å²) in [5, 5.41) is 86.9. The largest absolute Gasteiger partial charge is 0.394 e. The molecule has 0 spiro atoms. The van der Waals surface area contributed by atoms with Crippen LogP contribution in [0.3, 0.4) is 0 Å². The normalized spacial score (nSPS) is 24.8. The van der Waals surface area contributed by atoms with Gasteiger partial charge in [0.25, 0.3) is 0 Å². The fourth-order valence-electron chi connectivity index (χ4n) is 10.7. The Balaban J connectivity index is 1.54. The Morgan fingerprint density at radius 2 is 0.857 bits per heavy atom. The number of aliphatic hydroxyl groups is 8. The Morgan fingerprint density at radius 3 is 1.30 bits per heavy atom. The minimum Gasteiger partial charge on any atom is -0.394 e. The van der Waals surface area contributed by atoms with E-state index in [2.05, 4.69) is 43.5 Å². The van der Waals surface area contributed by atoms with Crippen LogP contribution in [0.15, 0.2) is 24.3 Å². The standard InChI is InChI=1S/C63H119NO13/c1-3-5-7-9-11-13-14-15-16-17-18-19-20-21-22-23-24-25-26-27-28-29-30-31-32-33-34-35-36-37-38-39-41-43-45-47-55(68)64-51(52(67)46-44-42-40-12-10-8-6-4-2)50-74-62-60(73)58(71)61(54(49-66)76-62)77-63-59(72)57(70)56(69)53(48-65)75-63/h14-15,17-18,51-54,56-63,65-67,69-73H,3-13,16,19-50H2,1-2H3,(H,64,68)/b15-14-,18-17-. The Morgan fingerprint density at radius 1 is 0.468 bits per heavy atom. The monoisotopic (exact) mass is 1100 g/mol. The lowest BCUT2D eigenvalue weighted by Gasteiger charge is -2.46. The predicted octanol–water partition coefficient (Wildman–Crippen LogP) is 11.6. The van der Waals surface area contributed by atoms with E-state index in [0.29, 0.717) is 12.8 Å². The van der Waals surface area contributed by atoms with Crippen molar-refractivity contribution in [3.05, 3.63) is 24.3 Å². The van der Waals surface area contributed by atoms with E-state index in [9.17, 15) is 45.6 Å². The number of unbranched alkanes of at least 4 members (excludes halogenated alkanes) is 35. The van der Waals surface area contributed by atoms with Crippen molar-refractivity contribution in [2.75, 3.05) is 19.8 Å². The molecule has 0 aromatic rings. The van der Waals surface area contributed by atoms with Gasteiger partial charge in [0, 0.05) is 6.42 Å². The fourth-order valence-corrected chi connectivity index (χ4v) is 10.7. The summed E-state index contributed by atoms with van der Waals surface area (Å²) >= 11 is 0. The molecule has 0 aromatic heterocycles. The van der Waals surface area contributed by atoms with Gasteiger partial charge in [-0.1, -0.05) is 250 Å². The maximum atomic E-state index is 13.2. The second kappa shape index (κ2) is 49.1. The summed E-state index contributed by atoms with van der Waals surface area (Å²) in [6.07, 6.45) is 42.5. The van der Waals surface area contributed by atoms with Gasteiger partial charge in [-0.2, -0.15) is 0 Å². The molecule has 77 heavy (non-hydrogen) atoms. The van der Waals surface area contributed by atoms with E-state index in [-0.39, 0.29) is 12.5 Å². The van der Waals surface area contributed by atoms with Crippen LogP contribution in [-0.2, 0) is 23.7 Å². The first-order valence-electron chi connectivity index (χ1n) is 32.1. The topological polar surface area (TPSA) is 228 Å². The third-order valence-electron chi connectivity index (χ3n) is 15.9. The number of carbonyl (C=O) groups excluding carboxylic acids is 1. The summed E-state index contributed by atoms with van der Waals surface area (Å²) in [7, 11) is 0. The van der Waals surface area contributed by atoms with E-state index in [1.165, 1.54) is 193 Å². The Bertz CT molecular complexity index is 1390. The summed E-state index contributed by atoms with van der Waals surface area (Å²) in [6.45, 7) is 2.82. The van der Waals surface area contributed by atoms with E-state index < -0.39 is 86.8 Å². The Hall–Kier alpha value is -1.53. The number of ether oxygens (including phenoxy) is 4. The number of allylic oxidation sites excluding steroid dienone is 4. The maximum absolute atomic E-state index is 13.2. The first kappa shape index (κ1) is 71.6. The maximum Gasteiger partial charge on any atom is 0.220 e. The van der Waals surface area contributed by atoms with Crippen molar-refractivity contribution >= 4 is 5.91 Å². The van der Waals surface area contributed by atoms with E-state index >= 15 is 0 Å².